The average molecular weight is 422 g/mol. The van der Waals surface area contributed by atoms with Gasteiger partial charge in [-0.25, -0.2) is 0 Å². The first kappa shape index (κ1) is 20.5. The number of carbonyl (C=O) groups excluding carboxylic acids is 2. The zero-order valence-electron chi connectivity index (χ0n) is 17.0. The molecule has 6 nitrogen and oxygen atoms in total. The van der Waals surface area contributed by atoms with E-state index in [1.807, 2.05) is 4.90 Å². The molecule has 0 unspecified atom stereocenters. The predicted molar refractivity (Wildman–Crippen MR) is 107 cm³/mol. The Morgan fingerprint density at radius 1 is 1.31 bits per heavy atom. The molecule has 0 aromatic heterocycles. The molecule has 2 fully saturated rings. The quantitative estimate of drug-likeness (QED) is 0.689. The Balaban J connectivity index is 1.39. The second-order valence-corrected chi connectivity index (χ2v) is 8.99. The van der Waals surface area contributed by atoms with Gasteiger partial charge in [0.05, 0.1) is 12.5 Å². The molecular formula is C22H28ClNO5. The van der Waals surface area contributed by atoms with Crippen LogP contribution in [0.3, 0.4) is 0 Å². The highest BCUT2D eigenvalue weighted by molar-refractivity contribution is 6.30. The molecule has 158 valence electrons. The number of halogens is 1. The number of likely N-dealkylation sites (tertiary alicyclic amines) is 1. The number of ether oxygens (including phenoxy) is 3. The van der Waals surface area contributed by atoms with Crippen LogP contribution in [0.4, 0.5) is 0 Å². The SMILES string of the molecule is C[C@@H]1[C@H](C)CCC[C@@H]1N1C[C@H](C(=O)OCc2cc(Cl)cc3c2OCOC3)CC1=O. The summed E-state index contributed by atoms with van der Waals surface area (Å²) in [6.45, 7) is 5.59. The van der Waals surface area contributed by atoms with Crippen molar-refractivity contribution < 1.29 is 23.8 Å². The van der Waals surface area contributed by atoms with E-state index in [2.05, 4.69) is 13.8 Å². The van der Waals surface area contributed by atoms with E-state index in [0.717, 1.165) is 24.0 Å². The molecule has 7 heteroatoms. The van der Waals surface area contributed by atoms with E-state index in [0.29, 0.717) is 35.8 Å². The lowest BCUT2D eigenvalue weighted by Gasteiger charge is -2.39. The van der Waals surface area contributed by atoms with Crippen molar-refractivity contribution in [2.24, 2.45) is 17.8 Å². The highest BCUT2D eigenvalue weighted by atomic mass is 35.5. The monoisotopic (exact) mass is 421 g/mol. The molecule has 1 saturated heterocycles. The Morgan fingerprint density at radius 2 is 2.14 bits per heavy atom. The number of carbonyl (C=O) groups is 2. The predicted octanol–water partition coefficient (Wildman–Crippen LogP) is 3.92. The van der Waals surface area contributed by atoms with Gasteiger partial charge in [-0.05, 0) is 30.4 Å². The van der Waals surface area contributed by atoms with Crippen molar-refractivity contribution in [1.82, 2.24) is 4.90 Å². The van der Waals surface area contributed by atoms with Crippen LogP contribution < -0.4 is 4.74 Å². The van der Waals surface area contributed by atoms with Gasteiger partial charge >= 0.3 is 5.97 Å². The first-order valence-electron chi connectivity index (χ1n) is 10.4. The summed E-state index contributed by atoms with van der Waals surface area (Å²) >= 11 is 6.17. The molecule has 2 heterocycles. The van der Waals surface area contributed by atoms with Gasteiger partial charge in [-0.3, -0.25) is 9.59 Å². The molecule has 0 spiro atoms. The molecule has 1 saturated carbocycles. The summed E-state index contributed by atoms with van der Waals surface area (Å²) in [5.74, 6) is 1.05. The molecular weight excluding hydrogens is 394 g/mol. The third kappa shape index (κ3) is 4.24. The topological polar surface area (TPSA) is 65.1 Å². The Kier molecular flexibility index (Phi) is 6.02. The summed E-state index contributed by atoms with van der Waals surface area (Å²) in [6, 6.07) is 3.77. The largest absolute Gasteiger partial charge is 0.467 e. The van der Waals surface area contributed by atoms with Crippen molar-refractivity contribution >= 4 is 23.5 Å². The number of hydrogen-bond acceptors (Lipinski definition) is 5. The zero-order chi connectivity index (χ0) is 20.5. The van der Waals surface area contributed by atoms with Crippen molar-refractivity contribution in [2.45, 2.75) is 58.8 Å². The molecule has 4 atom stereocenters. The second kappa shape index (κ2) is 8.52. The Labute approximate surface area is 176 Å². The third-order valence-corrected chi connectivity index (χ3v) is 6.90. The van der Waals surface area contributed by atoms with Crippen LogP contribution in [-0.2, 0) is 32.3 Å². The lowest BCUT2D eigenvalue weighted by molar-refractivity contribution is -0.149. The molecule has 0 bridgehead atoms. The summed E-state index contributed by atoms with van der Waals surface area (Å²) in [6.07, 6.45) is 3.60. The molecule has 1 amide bonds. The molecule has 1 aromatic carbocycles. The number of nitrogens with zero attached hydrogens (tertiary/aromatic N) is 1. The summed E-state index contributed by atoms with van der Waals surface area (Å²) < 4.78 is 16.4. The van der Waals surface area contributed by atoms with Gasteiger partial charge in [0.15, 0.2) is 6.79 Å². The van der Waals surface area contributed by atoms with Crippen LogP contribution in [0.5, 0.6) is 5.75 Å². The van der Waals surface area contributed by atoms with E-state index < -0.39 is 5.92 Å². The minimum atomic E-state index is -0.411. The number of rotatable bonds is 4. The van der Waals surface area contributed by atoms with Crippen molar-refractivity contribution in [1.29, 1.82) is 0 Å². The summed E-state index contributed by atoms with van der Waals surface area (Å²) in [7, 11) is 0. The van der Waals surface area contributed by atoms with Crippen molar-refractivity contribution in [3.8, 4) is 5.75 Å². The van der Waals surface area contributed by atoms with E-state index >= 15 is 0 Å². The van der Waals surface area contributed by atoms with Crippen molar-refractivity contribution in [3.05, 3.63) is 28.3 Å². The summed E-state index contributed by atoms with van der Waals surface area (Å²) in [4.78, 5) is 27.2. The van der Waals surface area contributed by atoms with Gasteiger partial charge in [0, 0.05) is 35.2 Å². The van der Waals surface area contributed by atoms with E-state index in [-0.39, 0.29) is 37.7 Å². The van der Waals surface area contributed by atoms with Crippen molar-refractivity contribution in [3.63, 3.8) is 0 Å². The first-order chi connectivity index (χ1) is 13.9. The molecule has 0 N–H and O–H groups in total. The molecule has 3 aliphatic rings. The van der Waals surface area contributed by atoms with Crippen LogP contribution in [0, 0.1) is 17.8 Å². The minimum Gasteiger partial charge on any atom is -0.467 e. The number of benzene rings is 1. The Bertz CT molecular complexity index is 798. The van der Waals surface area contributed by atoms with E-state index in [1.54, 1.807) is 12.1 Å². The lowest BCUT2D eigenvalue weighted by atomic mass is 9.77. The molecule has 0 radical (unpaired) electrons. The van der Waals surface area contributed by atoms with Gasteiger partial charge in [0.2, 0.25) is 5.91 Å². The third-order valence-electron chi connectivity index (χ3n) is 6.68. The standard InChI is InChI=1S/C22H28ClNO5/c1-13-4-3-5-19(14(13)2)24-9-15(8-20(24)25)22(26)28-11-17-7-18(23)6-16-10-27-12-29-21(16)17/h6-7,13-15,19H,3-5,8-12H2,1-2H3/t13-,14-,15-,19+/m1/s1. The normalized spacial score (nSPS) is 29.3. The van der Waals surface area contributed by atoms with Crippen LogP contribution in [0.15, 0.2) is 12.1 Å². The van der Waals surface area contributed by atoms with Gasteiger partial charge in [0.1, 0.15) is 12.4 Å². The van der Waals surface area contributed by atoms with Crippen LogP contribution in [-0.4, -0.2) is 36.2 Å². The van der Waals surface area contributed by atoms with Crippen LogP contribution in [0.2, 0.25) is 5.02 Å². The fourth-order valence-corrected chi connectivity index (χ4v) is 5.10. The van der Waals surface area contributed by atoms with E-state index in [9.17, 15) is 9.59 Å². The van der Waals surface area contributed by atoms with Gasteiger partial charge in [-0.2, -0.15) is 0 Å². The number of amides is 1. The second-order valence-electron chi connectivity index (χ2n) is 8.55. The summed E-state index contributed by atoms with van der Waals surface area (Å²) in [5.41, 5.74) is 1.57. The highest BCUT2D eigenvalue weighted by Crippen LogP contribution is 2.36. The van der Waals surface area contributed by atoms with Crippen LogP contribution in [0.1, 0.15) is 50.7 Å². The smallest absolute Gasteiger partial charge is 0.311 e. The van der Waals surface area contributed by atoms with Gasteiger partial charge < -0.3 is 19.1 Å². The van der Waals surface area contributed by atoms with Crippen molar-refractivity contribution in [2.75, 3.05) is 13.3 Å². The number of hydrogen-bond donors (Lipinski definition) is 0. The molecule has 2 aliphatic heterocycles. The molecule has 29 heavy (non-hydrogen) atoms. The fraction of sp³-hybridized carbons (Fsp3) is 0.636. The number of esters is 1. The Morgan fingerprint density at radius 3 is 2.97 bits per heavy atom. The van der Waals surface area contributed by atoms with E-state index in [4.69, 9.17) is 25.8 Å². The van der Waals surface area contributed by atoms with Gasteiger partial charge in [0.25, 0.3) is 0 Å². The average Bonchev–Trinajstić information content (AvgIpc) is 3.09. The maximum atomic E-state index is 12.7. The van der Waals surface area contributed by atoms with Crippen LogP contribution >= 0.6 is 11.6 Å². The highest BCUT2D eigenvalue weighted by Gasteiger charge is 2.42. The molecule has 1 aromatic rings. The Hall–Kier alpha value is -1.79. The molecule has 1 aliphatic carbocycles. The van der Waals surface area contributed by atoms with Gasteiger partial charge in [-0.15, -0.1) is 0 Å². The first-order valence-corrected chi connectivity index (χ1v) is 10.8. The van der Waals surface area contributed by atoms with E-state index in [1.165, 1.54) is 6.42 Å². The number of fused-ring (bicyclic) bond motifs is 1. The minimum absolute atomic E-state index is 0.0681. The maximum absolute atomic E-state index is 12.7. The fourth-order valence-electron chi connectivity index (χ4n) is 4.83. The van der Waals surface area contributed by atoms with Crippen LogP contribution in [0.25, 0.3) is 0 Å². The summed E-state index contributed by atoms with van der Waals surface area (Å²) in [5, 5.41) is 0.548. The zero-order valence-corrected chi connectivity index (χ0v) is 17.7. The lowest BCUT2D eigenvalue weighted by Crippen LogP contribution is -2.45. The maximum Gasteiger partial charge on any atom is 0.311 e. The van der Waals surface area contributed by atoms with Gasteiger partial charge in [-0.1, -0.05) is 38.3 Å². The molecule has 4 rings (SSSR count).